The summed E-state index contributed by atoms with van der Waals surface area (Å²) < 4.78 is 1.76. The number of hydrogen-bond donors (Lipinski definition) is 1. The summed E-state index contributed by atoms with van der Waals surface area (Å²) in [6.45, 7) is 1.85. The van der Waals surface area contributed by atoms with Crippen molar-refractivity contribution >= 4 is 11.6 Å². The molecule has 2 aromatic rings. The van der Waals surface area contributed by atoms with Gasteiger partial charge in [-0.1, -0.05) is 6.92 Å². The van der Waals surface area contributed by atoms with Crippen LogP contribution in [0.4, 0.5) is 0 Å². The number of hydrogen-bond acceptors (Lipinski definition) is 3. The first-order valence-electron chi connectivity index (χ1n) is 4.73. The summed E-state index contributed by atoms with van der Waals surface area (Å²) in [7, 11) is 0. The predicted molar refractivity (Wildman–Crippen MR) is 53.7 cm³/mol. The quantitative estimate of drug-likeness (QED) is 0.820. The summed E-state index contributed by atoms with van der Waals surface area (Å²) in [4.78, 5) is 19.0. The summed E-state index contributed by atoms with van der Waals surface area (Å²) in [5, 5.41) is 9.05. The molecule has 5 nitrogen and oxygen atoms in total. The maximum atomic E-state index is 11.0. The van der Waals surface area contributed by atoms with Crippen LogP contribution in [0.5, 0.6) is 0 Å². The van der Waals surface area contributed by atoms with Crippen molar-refractivity contribution in [3.8, 4) is 0 Å². The fourth-order valence-electron chi connectivity index (χ4n) is 1.63. The minimum atomic E-state index is -0.823. The topological polar surface area (TPSA) is 67.5 Å². The van der Waals surface area contributed by atoms with Gasteiger partial charge in [0, 0.05) is 12.4 Å². The van der Waals surface area contributed by atoms with Crippen molar-refractivity contribution in [2.75, 3.05) is 0 Å². The van der Waals surface area contributed by atoms with Gasteiger partial charge in [-0.2, -0.15) is 0 Å². The van der Waals surface area contributed by atoms with E-state index in [0.717, 1.165) is 0 Å². The third kappa shape index (κ3) is 1.56. The molecule has 0 aliphatic rings. The fourth-order valence-corrected chi connectivity index (χ4v) is 1.63. The molecular weight excluding hydrogens is 194 g/mol. The van der Waals surface area contributed by atoms with Gasteiger partial charge in [0.2, 0.25) is 0 Å². The van der Waals surface area contributed by atoms with Gasteiger partial charge in [-0.3, -0.25) is 9.78 Å². The number of carbonyl (C=O) groups is 1. The third-order valence-electron chi connectivity index (χ3n) is 2.41. The largest absolute Gasteiger partial charge is 0.481 e. The van der Waals surface area contributed by atoms with Crippen LogP contribution in [-0.2, 0) is 4.79 Å². The van der Waals surface area contributed by atoms with E-state index in [9.17, 15) is 4.79 Å². The van der Waals surface area contributed by atoms with Gasteiger partial charge in [-0.25, -0.2) is 4.98 Å². The van der Waals surface area contributed by atoms with Crippen LogP contribution in [0.15, 0.2) is 24.8 Å². The van der Waals surface area contributed by atoms with E-state index >= 15 is 0 Å². The summed E-state index contributed by atoms with van der Waals surface area (Å²) in [5.74, 6) is -1.33. The molecule has 78 valence electrons. The molecule has 2 aromatic heterocycles. The Labute approximate surface area is 86.4 Å². The molecule has 5 heteroatoms. The van der Waals surface area contributed by atoms with Crippen molar-refractivity contribution in [2.24, 2.45) is 0 Å². The molecule has 0 fully saturated rings. The molecule has 0 amide bonds. The van der Waals surface area contributed by atoms with Crippen molar-refractivity contribution < 1.29 is 9.90 Å². The Hall–Kier alpha value is -1.91. The molecule has 0 spiro atoms. The zero-order chi connectivity index (χ0) is 10.8. The monoisotopic (exact) mass is 205 g/mol. The second kappa shape index (κ2) is 3.68. The lowest BCUT2D eigenvalue weighted by atomic mass is 10.0. The van der Waals surface area contributed by atoms with E-state index < -0.39 is 11.9 Å². The first-order chi connectivity index (χ1) is 7.24. The van der Waals surface area contributed by atoms with Crippen molar-refractivity contribution in [1.82, 2.24) is 14.4 Å². The normalized spacial score (nSPS) is 12.9. The van der Waals surface area contributed by atoms with E-state index in [1.807, 2.05) is 6.92 Å². The van der Waals surface area contributed by atoms with Crippen LogP contribution >= 0.6 is 0 Å². The highest BCUT2D eigenvalue weighted by atomic mass is 16.4. The number of carboxylic acids is 1. The van der Waals surface area contributed by atoms with Crippen LogP contribution in [0.25, 0.3) is 5.65 Å². The second-order valence-corrected chi connectivity index (χ2v) is 3.29. The Bertz CT molecular complexity index is 492. The number of aliphatic carboxylic acids is 1. The van der Waals surface area contributed by atoms with Crippen LogP contribution in [-0.4, -0.2) is 25.4 Å². The van der Waals surface area contributed by atoms with Gasteiger partial charge < -0.3 is 9.51 Å². The van der Waals surface area contributed by atoms with E-state index in [0.29, 0.717) is 17.8 Å². The average molecular weight is 205 g/mol. The molecule has 0 radical (unpaired) electrons. The molecule has 1 atom stereocenters. The zero-order valence-electron chi connectivity index (χ0n) is 8.29. The average Bonchev–Trinajstić information content (AvgIpc) is 2.63. The Morgan fingerprint density at radius 3 is 3.07 bits per heavy atom. The van der Waals surface area contributed by atoms with Crippen LogP contribution in [0.1, 0.15) is 25.0 Å². The van der Waals surface area contributed by atoms with Crippen molar-refractivity contribution in [2.45, 2.75) is 19.3 Å². The maximum Gasteiger partial charge on any atom is 0.312 e. The first kappa shape index (κ1) is 9.64. The van der Waals surface area contributed by atoms with Crippen LogP contribution in [0.3, 0.4) is 0 Å². The smallest absolute Gasteiger partial charge is 0.312 e. The number of imidazole rings is 1. The molecule has 0 saturated heterocycles. The number of rotatable bonds is 3. The van der Waals surface area contributed by atoms with Crippen molar-refractivity contribution in [3.63, 3.8) is 0 Å². The van der Waals surface area contributed by atoms with Gasteiger partial charge in [-0.05, 0) is 6.42 Å². The number of aromatic nitrogens is 3. The summed E-state index contributed by atoms with van der Waals surface area (Å²) in [5.41, 5.74) is 1.37. The minimum Gasteiger partial charge on any atom is -0.481 e. The molecule has 0 aliphatic carbocycles. The van der Waals surface area contributed by atoms with E-state index in [4.69, 9.17) is 5.11 Å². The van der Waals surface area contributed by atoms with Crippen LogP contribution in [0.2, 0.25) is 0 Å². The molecule has 15 heavy (non-hydrogen) atoms. The highest BCUT2D eigenvalue weighted by Gasteiger charge is 2.21. The predicted octanol–water partition coefficient (Wildman–Crippen LogP) is 1.31. The Balaban J connectivity index is 2.55. The van der Waals surface area contributed by atoms with E-state index in [1.54, 1.807) is 29.2 Å². The summed E-state index contributed by atoms with van der Waals surface area (Å²) in [6, 6.07) is 0. The van der Waals surface area contributed by atoms with Gasteiger partial charge in [0.1, 0.15) is 0 Å². The lowest BCUT2D eigenvalue weighted by Crippen LogP contribution is -2.12. The molecule has 0 saturated carbocycles. The van der Waals surface area contributed by atoms with Gasteiger partial charge >= 0.3 is 5.97 Å². The standard InChI is InChI=1S/C10H11N3O2/c1-2-7(10(14)15)8-5-12-9-6-11-3-4-13(8)9/h3-7H,2H2,1H3,(H,14,15). The van der Waals surface area contributed by atoms with Crippen LogP contribution < -0.4 is 0 Å². The number of fused-ring (bicyclic) bond motifs is 1. The Morgan fingerprint density at radius 2 is 2.40 bits per heavy atom. The molecule has 1 N–H and O–H groups in total. The SMILES string of the molecule is CCC(C(=O)O)c1cnc2cnccn12. The van der Waals surface area contributed by atoms with E-state index in [1.165, 1.54) is 0 Å². The van der Waals surface area contributed by atoms with Gasteiger partial charge in [0.25, 0.3) is 0 Å². The van der Waals surface area contributed by atoms with Gasteiger partial charge in [-0.15, -0.1) is 0 Å². The molecule has 0 aliphatic heterocycles. The molecule has 2 rings (SSSR count). The molecule has 0 bridgehead atoms. The van der Waals surface area contributed by atoms with Crippen molar-refractivity contribution in [3.05, 3.63) is 30.5 Å². The van der Waals surface area contributed by atoms with Gasteiger partial charge in [0.05, 0.1) is 24.0 Å². The summed E-state index contributed by atoms with van der Waals surface area (Å²) >= 11 is 0. The van der Waals surface area contributed by atoms with Crippen molar-refractivity contribution in [1.29, 1.82) is 0 Å². The Morgan fingerprint density at radius 1 is 1.60 bits per heavy atom. The van der Waals surface area contributed by atoms with E-state index in [-0.39, 0.29) is 0 Å². The number of nitrogens with zero attached hydrogens (tertiary/aromatic N) is 3. The first-order valence-corrected chi connectivity index (χ1v) is 4.73. The Kier molecular flexibility index (Phi) is 2.37. The lowest BCUT2D eigenvalue weighted by molar-refractivity contribution is -0.139. The zero-order valence-corrected chi connectivity index (χ0v) is 8.29. The molecule has 2 heterocycles. The van der Waals surface area contributed by atoms with Gasteiger partial charge in [0.15, 0.2) is 5.65 Å². The molecular formula is C10H11N3O2. The summed E-state index contributed by atoms with van der Waals surface area (Å²) in [6.07, 6.45) is 7.10. The highest BCUT2D eigenvalue weighted by molar-refractivity contribution is 5.75. The molecule has 0 aromatic carbocycles. The highest BCUT2D eigenvalue weighted by Crippen LogP contribution is 2.20. The van der Waals surface area contributed by atoms with Crippen LogP contribution in [0, 0.1) is 0 Å². The molecule has 1 unspecified atom stereocenters. The lowest BCUT2D eigenvalue weighted by Gasteiger charge is -2.08. The third-order valence-corrected chi connectivity index (χ3v) is 2.41. The fraction of sp³-hybridized carbons (Fsp3) is 0.300. The maximum absolute atomic E-state index is 11.0. The van der Waals surface area contributed by atoms with E-state index in [2.05, 4.69) is 9.97 Å². The second-order valence-electron chi connectivity index (χ2n) is 3.29. The number of carboxylic acid groups (broad SMARTS) is 1. The minimum absolute atomic E-state index is 0.512.